The molecule has 0 aliphatic carbocycles. The second-order valence-corrected chi connectivity index (χ2v) is 12.0. The lowest BCUT2D eigenvalue weighted by Gasteiger charge is -2.33. The fourth-order valence-electron chi connectivity index (χ4n) is 4.14. The van der Waals surface area contributed by atoms with E-state index in [0.717, 1.165) is 38.1 Å². The zero-order chi connectivity index (χ0) is 27.7. The van der Waals surface area contributed by atoms with Gasteiger partial charge in [0.1, 0.15) is 12.6 Å². The third-order valence-electron chi connectivity index (χ3n) is 6.15. The minimum absolute atomic E-state index is 0.147. The number of hydrogen-bond donors (Lipinski definition) is 1. The second-order valence-electron chi connectivity index (χ2n) is 9.20. The third kappa shape index (κ3) is 8.16. The van der Waals surface area contributed by atoms with Crippen LogP contribution >= 0.6 is 15.9 Å². The van der Waals surface area contributed by atoms with Crippen molar-refractivity contribution in [3.05, 3.63) is 100 Å². The van der Waals surface area contributed by atoms with Gasteiger partial charge < -0.3 is 10.2 Å². The number of para-hydroxylation sites is 1. The molecule has 3 rings (SSSR count). The molecule has 0 aliphatic rings. The van der Waals surface area contributed by atoms with E-state index in [1.807, 2.05) is 67.6 Å². The van der Waals surface area contributed by atoms with Crippen LogP contribution in [-0.2, 0) is 32.6 Å². The Kier molecular flexibility index (Phi) is 10.5. The van der Waals surface area contributed by atoms with Crippen LogP contribution in [0.25, 0.3) is 0 Å². The first-order valence-electron chi connectivity index (χ1n) is 12.5. The summed E-state index contributed by atoms with van der Waals surface area (Å²) in [4.78, 5) is 29.0. The van der Waals surface area contributed by atoms with Gasteiger partial charge in [0.05, 0.1) is 11.9 Å². The lowest BCUT2D eigenvalue weighted by molar-refractivity contribution is -0.140. The minimum atomic E-state index is -3.79. The van der Waals surface area contributed by atoms with E-state index in [2.05, 4.69) is 21.2 Å². The Hall–Kier alpha value is -3.17. The number of rotatable bonds is 12. The van der Waals surface area contributed by atoms with E-state index in [4.69, 9.17) is 0 Å². The van der Waals surface area contributed by atoms with E-state index < -0.39 is 28.5 Å². The monoisotopic (exact) mass is 599 g/mol. The maximum atomic E-state index is 14.0. The Morgan fingerprint density at radius 2 is 1.55 bits per heavy atom. The Bertz CT molecular complexity index is 1330. The first-order chi connectivity index (χ1) is 18.1. The molecule has 1 atom stereocenters. The summed E-state index contributed by atoms with van der Waals surface area (Å²) in [5.41, 5.74) is 2.88. The summed E-state index contributed by atoms with van der Waals surface area (Å²) in [5, 5.41) is 2.94. The van der Waals surface area contributed by atoms with Crippen molar-refractivity contribution in [2.24, 2.45) is 0 Å². The highest BCUT2D eigenvalue weighted by molar-refractivity contribution is 9.10. The highest BCUT2D eigenvalue weighted by atomic mass is 79.9. The average Bonchev–Trinajstić information content (AvgIpc) is 2.89. The number of anilines is 1. The number of amides is 2. The average molecular weight is 601 g/mol. The minimum Gasteiger partial charge on any atom is -0.354 e. The first kappa shape index (κ1) is 29.4. The molecule has 0 aliphatic heterocycles. The SMILES string of the molecule is CCCNC(=O)[C@@H](Cc1ccccc1)N(Cc1ccc(Br)cc1)C(=O)CN(c1ccccc1C)S(C)(=O)=O. The summed E-state index contributed by atoms with van der Waals surface area (Å²) in [6.07, 6.45) is 2.13. The van der Waals surface area contributed by atoms with Crippen LogP contribution in [0, 0.1) is 6.92 Å². The van der Waals surface area contributed by atoms with E-state index in [1.54, 1.807) is 25.1 Å². The third-order valence-corrected chi connectivity index (χ3v) is 7.80. The smallest absolute Gasteiger partial charge is 0.244 e. The molecule has 0 bridgehead atoms. The molecule has 1 N–H and O–H groups in total. The number of sulfonamides is 1. The molecule has 0 heterocycles. The van der Waals surface area contributed by atoms with Gasteiger partial charge in [-0.25, -0.2) is 8.42 Å². The number of benzene rings is 3. The maximum absolute atomic E-state index is 14.0. The topological polar surface area (TPSA) is 86.8 Å². The van der Waals surface area contributed by atoms with Gasteiger partial charge in [0.15, 0.2) is 0 Å². The van der Waals surface area contributed by atoms with E-state index >= 15 is 0 Å². The molecule has 2 amide bonds. The molecule has 0 fully saturated rings. The summed E-state index contributed by atoms with van der Waals surface area (Å²) in [7, 11) is -3.79. The van der Waals surface area contributed by atoms with Crippen molar-refractivity contribution >= 4 is 43.5 Å². The van der Waals surface area contributed by atoms with Gasteiger partial charge in [-0.1, -0.05) is 83.5 Å². The number of carbonyl (C=O) groups is 2. The zero-order valence-corrected chi connectivity index (χ0v) is 24.3. The quantitative estimate of drug-likeness (QED) is 0.327. The number of nitrogens with one attached hydrogen (secondary N) is 1. The van der Waals surface area contributed by atoms with Crippen LogP contribution in [0.1, 0.15) is 30.0 Å². The summed E-state index contributed by atoms with van der Waals surface area (Å²) in [6, 6.07) is 23.2. The van der Waals surface area contributed by atoms with E-state index in [9.17, 15) is 18.0 Å². The summed E-state index contributed by atoms with van der Waals surface area (Å²) >= 11 is 3.43. The Labute approximate surface area is 234 Å². The normalized spacial score (nSPS) is 12.0. The fraction of sp³-hybridized carbons (Fsp3) is 0.310. The second kappa shape index (κ2) is 13.6. The van der Waals surface area contributed by atoms with Crippen molar-refractivity contribution < 1.29 is 18.0 Å². The van der Waals surface area contributed by atoms with E-state index in [-0.39, 0.29) is 12.5 Å². The number of aryl methyl sites for hydroxylation is 1. The molecule has 0 aromatic heterocycles. The Morgan fingerprint density at radius 3 is 2.16 bits per heavy atom. The van der Waals surface area contributed by atoms with Gasteiger partial charge in [-0.05, 0) is 48.2 Å². The van der Waals surface area contributed by atoms with Gasteiger partial charge in [0.2, 0.25) is 21.8 Å². The van der Waals surface area contributed by atoms with Gasteiger partial charge in [0, 0.05) is 24.0 Å². The lowest BCUT2D eigenvalue weighted by atomic mass is 10.0. The molecule has 7 nitrogen and oxygen atoms in total. The van der Waals surface area contributed by atoms with Gasteiger partial charge in [0.25, 0.3) is 0 Å². The number of halogens is 1. The molecule has 0 saturated heterocycles. The van der Waals surface area contributed by atoms with Crippen LogP contribution in [-0.4, -0.2) is 50.5 Å². The van der Waals surface area contributed by atoms with Gasteiger partial charge in [-0.3, -0.25) is 13.9 Å². The predicted octanol–water partition coefficient (Wildman–Crippen LogP) is 4.69. The van der Waals surface area contributed by atoms with Crippen molar-refractivity contribution in [3.63, 3.8) is 0 Å². The van der Waals surface area contributed by atoms with Crippen molar-refractivity contribution in [1.82, 2.24) is 10.2 Å². The van der Waals surface area contributed by atoms with Crippen LogP contribution in [0.15, 0.2) is 83.3 Å². The number of carbonyl (C=O) groups excluding carboxylic acids is 2. The molecule has 9 heteroatoms. The molecule has 3 aromatic rings. The van der Waals surface area contributed by atoms with Crippen LogP contribution in [0.2, 0.25) is 0 Å². The van der Waals surface area contributed by atoms with Crippen molar-refractivity contribution in [1.29, 1.82) is 0 Å². The highest BCUT2D eigenvalue weighted by Gasteiger charge is 2.33. The van der Waals surface area contributed by atoms with Crippen molar-refractivity contribution in [2.75, 3.05) is 23.7 Å². The van der Waals surface area contributed by atoms with Crippen LogP contribution in [0.5, 0.6) is 0 Å². The summed E-state index contributed by atoms with van der Waals surface area (Å²) in [5.74, 6) is -0.739. The predicted molar refractivity (Wildman–Crippen MR) is 155 cm³/mol. The molecular weight excluding hydrogens is 566 g/mol. The van der Waals surface area contributed by atoms with Gasteiger partial charge in [-0.15, -0.1) is 0 Å². The molecule has 0 spiro atoms. The van der Waals surface area contributed by atoms with Crippen molar-refractivity contribution in [3.8, 4) is 0 Å². The van der Waals surface area contributed by atoms with Crippen LogP contribution in [0.4, 0.5) is 5.69 Å². The fourth-order valence-corrected chi connectivity index (χ4v) is 5.32. The standard InChI is InChI=1S/C29H34BrN3O4S/c1-4-18-31-29(35)27(19-23-11-6-5-7-12-23)32(20-24-14-16-25(30)17-15-24)28(34)21-33(38(3,36)37)26-13-9-8-10-22(26)2/h5-17,27H,4,18-21H2,1-3H3,(H,31,35)/t27-/m1/s1. The summed E-state index contributed by atoms with van der Waals surface area (Å²) < 4.78 is 27.7. The summed E-state index contributed by atoms with van der Waals surface area (Å²) in [6.45, 7) is 3.96. The molecule has 3 aromatic carbocycles. The number of hydrogen-bond acceptors (Lipinski definition) is 4. The maximum Gasteiger partial charge on any atom is 0.244 e. The zero-order valence-electron chi connectivity index (χ0n) is 21.9. The van der Waals surface area contributed by atoms with E-state index in [1.165, 1.54) is 4.90 Å². The van der Waals surface area contributed by atoms with Gasteiger partial charge >= 0.3 is 0 Å². The van der Waals surface area contributed by atoms with Crippen LogP contribution < -0.4 is 9.62 Å². The molecule has 38 heavy (non-hydrogen) atoms. The largest absolute Gasteiger partial charge is 0.354 e. The first-order valence-corrected chi connectivity index (χ1v) is 15.1. The molecular formula is C29H34BrN3O4S. The Morgan fingerprint density at radius 1 is 0.921 bits per heavy atom. The lowest BCUT2D eigenvalue weighted by Crippen LogP contribution is -2.53. The van der Waals surface area contributed by atoms with Crippen molar-refractivity contribution in [2.45, 2.75) is 39.3 Å². The molecule has 0 saturated carbocycles. The molecule has 0 radical (unpaired) electrons. The molecule has 0 unspecified atom stereocenters. The van der Waals surface area contributed by atoms with Gasteiger partial charge in [-0.2, -0.15) is 0 Å². The Balaban J connectivity index is 2.04. The highest BCUT2D eigenvalue weighted by Crippen LogP contribution is 2.23. The molecule has 202 valence electrons. The number of nitrogens with zero attached hydrogens (tertiary/aromatic N) is 2. The van der Waals surface area contributed by atoms with E-state index in [0.29, 0.717) is 18.7 Å². The van der Waals surface area contributed by atoms with Crippen LogP contribution in [0.3, 0.4) is 0 Å².